The van der Waals surface area contributed by atoms with Gasteiger partial charge in [0.05, 0.1) is 24.8 Å². The molecule has 1 aromatic carbocycles. The molecule has 0 fully saturated rings. The van der Waals surface area contributed by atoms with Crippen LogP contribution < -0.4 is 20.7 Å². The fourth-order valence-electron chi connectivity index (χ4n) is 3.26. The van der Waals surface area contributed by atoms with Gasteiger partial charge in [-0.3, -0.25) is 23.9 Å². The third kappa shape index (κ3) is 10.3. The first-order valence-electron chi connectivity index (χ1n) is 11.0. The Bertz CT molecular complexity index is 1040. The van der Waals surface area contributed by atoms with Crippen molar-refractivity contribution in [3.05, 3.63) is 29.8 Å². The van der Waals surface area contributed by atoms with Crippen LogP contribution in [0.3, 0.4) is 0 Å². The number of hydrogen-bond acceptors (Lipinski definition) is 7. The lowest BCUT2D eigenvalue weighted by Gasteiger charge is -2.27. The number of para-hydroxylation sites is 1. The van der Waals surface area contributed by atoms with E-state index in [0.29, 0.717) is 12.1 Å². The van der Waals surface area contributed by atoms with Crippen LogP contribution in [-0.4, -0.2) is 56.5 Å². The summed E-state index contributed by atoms with van der Waals surface area (Å²) < 4.78 is 29.7. The predicted octanol–water partition coefficient (Wildman–Crippen LogP) is 0.963. The summed E-state index contributed by atoms with van der Waals surface area (Å²) in [5.41, 5.74) is 1.05. The van der Waals surface area contributed by atoms with Gasteiger partial charge in [-0.05, 0) is 30.4 Å². The highest BCUT2D eigenvalue weighted by Gasteiger charge is 2.29. The Kier molecular flexibility index (Phi) is 11.3. The summed E-state index contributed by atoms with van der Waals surface area (Å²) in [6.07, 6.45) is 0.229. The molecule has 1 aromatic rings. The molecule has 0 aliphatic heterocycles. The van der Waals surface area contributed by atoms with Crippen molar-refractivity contribution < 1.29 is 32.1 Å². The molecule has 11 nitrogen and oxygen atoms in total. The third-order valence-corrected chi connectivity index (χ3v) is 5.94. The fraction of sp³-hybridized carbons (Fsp3) is 0.545. The average molecular weight is 531 g/mol. The monoisotopic (exact) mass is 530 g/mol. The number of anilines is 1. The van der Waals surface area contributed by atoms with Crippen LogP contribution in [0.2, 0.25) is 0 Å². The lowest BCUT2D eigenvalue weighted by Crippen LogP contribution is -2.54. The second-order valence-electron chi connectivity index (χ2n) is 9.14. The third-order valence-electron chi connectivity index (χ3n) is 4.99. The molecular weight excluding hydrogens is 495 g/mol. The molecule has 4 N–H and O–H groups in total. The Balaban J connectivity index is 2.85. The first kappa shape index (κ1) is 30.5. The van der Waals surface area contributed by atoms with E-state index in [4.69, 9.17) is 4.52 Å². The first-order chi connectivity index (χ1) is 16.1. The molecule has 0 saturated heterocycles. The largest absolute Gasteiger partial charge is 0.360 e. The number of carbonyl (C=O) groups excluding carboxylic acids is 4. The highest BCUT2D eigenvalue weighted by atomic mass is 32.2. The van der Waals surface area contributed by atoms with Crippen LogP contribution in [0.15, 0.2) is 24.3 Å². The molecule has 0 aromatic heterocycles. The molecule has 0 aliphatic carbocycles. The minimum absolute atomic E-state index is 0.276. The number of nitrogens with one attached hydrogen (secondary N) is 4. The fourth-order valence-corrected chi connectivity index (χ4v) is 4.14. The van der Waals surface area contributed by atoms with Crippen molar-refractivity contribution in [1.29, 1.82) is 0 Å². The highest BCUT2D eigenvalue weighted by Crippen LogP contribution is 2.29. The van der Waals surface area contributed by atoms with E-state index in [0.717, 1.165) is 11.8 Å². The molecule has 196 valence electrons. The maximum absolute atomic E-state index is 12.7. The SMILES string of the molecule is CCC(OP)[C@H](CC(=O)NS(C)(=O)=O)NC(=O)[C@H](C)NC(=O)C(=O)Nc1ccccc1C(C)(C)C. The van der Waals surface area contributed by atoms with Gasteiger partial charge < -0.3 is 20.5 Å². The van der Waals surface area contributed by atoms with Crippen LogP contribution in [0.4, 0.5) is 5.69 Å². The Hall–Kier alpha value is -2.56. The van der Waals surface area contributed by atoms with E-state index in [1.54, 1.807) is 19.1 Å². The van der Waals surface area contributed by atoms with Crippen molar-refractivity contribution in [2.24, 2.45) is 0 Å². The lowest BCUT2D eigenvalue weighted by atomic mass is 9.86. The first-order valence-corrected chi connectivity index (χ1v) is 13.3. The van der Waals surface area contributed by atoms with Crippen molar-refractivity contribution in [2.45, 2.75) is 71.1 Å². The summed E-state index contributed by atoms with van der Waals surface area (Å²) in [5, 5.41) is 7.47. The Morgan fingerprint density at radius 3 is 2.17 bits per heavy atom. The van der Waals surface area contributed by atoms with Gasteiger partial charge in [-0.1, -0.05) is 45.9 Å². The Labute approximate surface area is 208 Å². The topological polar surface area (TPSA) is 160 Å². The molecule has 0 aliphatic rings. The maximum Gasteiger partial charge on any atom is 0.313 e. The van der Waals surface area contributed by atoms with Crippen molar-refractivity contribution >= 4 is 48.8 Å². The zero-order valence-electron chi connectivity index (χ0n) is 20.8. The van der Waals surface area contributed by atoms with Gasteiger partial charge in [0.1, 0.15) is 6.04 Å². The molecule has 0 saturated carbocycles. The van der Waals surface area contributed by atoms with Gasteiger partial charge in [0.15, 0.2) is 0 Å². The molecular formula is C22H35N4O7PS. The molecule has 0 bridgehead atoms. The normalized spacial score (nSPS) is 14.3. The summed E-state index contributed by atoms with van der Waals surface area (Å²) in [6, 6.07) is 5.07. The Morgan fingerprint density at radius 1 is 1.06 bits per heavy atom. The highest BCUT2D eigenvalue weighted by molar-refractivity contribution is 7.89. The van der Waals surface area contributed by atoms with E-state index in [2.05, 4.69) is 16.0 Å². The molecule has 0 radical (unpaired) electrons. The zero-order chi connectivity index (χ0) is 27.0. The maximum atomic E-state index is 12.7. The molecule has 2 unspecified atom stereocenters. The number of amides is 4. The van der Waals surface area contributed by atoms with Crippen LogP contribution in [0, 0.1) is 0 Å². The molecule has 4 atom stereocenters. The predicted molar refractivity (Wildman–Crippen MR) is 136 cm³/mol. The standard InChI is InChI=1S/C22H35N4O7PS/c1-7-17(33-34)16(12-18(27)26-35(6,31)32)25-19(28)13(2)23-20(29)21(30)24-15-11-9-8-10-14(15)22(3,4)5/h8-11,13,16-17H,7,12,34H2,1-6H3,(H,23,29)(H,24,30)(H,25,28)(H,26,27)/t13-,16-,17?/m0/s1. The second kappa shape index (κ2) is 12.9. The van der Waals surface area contributed by atoms with Crippen molar-refractivity contribution in [3.63, 3.8) is 0 Å². The quantitative estimate of drug-likeness (QED) is 0.259. The number of sulfonamides is 1. The molecule has 0 heterocycles. The minimum atomic E-state index is -3.78. The van der Waals surface area contributed by atoms with E-state index in [9.17, 15) is 27.6 Å². The molecule has 13 heteroatoms. The van der Waals surface area contributed by atoms with Gasteiger partial charge in [-0.25, -0.2) is 8.42 Å². The average Bonchev–Trinajstić information content (AvgIpc) is 2.72. The van der Waals surface area contributed by atoms with Gasteiger partial charge in [-0.2, -0.15) is 0 Å². The van der Waals surface area contributed by atoms with Gasteiger partial charge in [0.2, 0.25) is 21.8 Å². The summed E-state index contributed by atoms with van der Waals surface area (Å²) in [7, 11) is -1.74. The van der Waals surface area contributed by atoms with E-state index < -0.39 is 51.8 Å². The summed E-state index contributed by atoms with van der Waals surface area (Å²) >= 11 is 0. The smallest absolute Gasteiger partial charge is 0.313 e. The van der Waals surface area contributed by atoms with Crippen molar-refractivity contribution in [3.8, 4) is 0 Å². The second-order valence-corrected chi connectivity index (χ2v) is 11.2. The Morgan fingerprint density at radius 2 is 1.66 bits per heavy atom. The number of benzene rings is 1. The van der Waals surface area contributed by atoms with E-state index in [1.165, 1.54) is 6.92 Å². The van der Waals surface area contributed by atoms with E-state index in [-0.39, 0.29) is 11.8 Å². The number of carbonyl (C=O) groups is 4. The summed E-state index contributed by atoms with van der Waals surface area (Å²) in [5.74, 6) is -3.46. The van der Waals surface area contributed by atoms with Crippen LogP contribution >= 0.6 is 9.47 Å². The molecule has 0 spiro atoms. The van der Waals surface area contributed by atoms with Crippen LogP contribution in [-0.2, 0) is 39.1 Å². The van der Waals surface area contributed by atoms with Gasteiger partial charge in [0, 0.05) is 15.2 Å². The van der Waals surface area contributed by atoms with Crippen LogP contribution in [0.1, 0.15) is 53.0 Å². The van der Waals surface area contributed by atoms with Gasteiger partial charge >= 0.3 is 11.8 Å². The van der Waals surface area contributed by atoms with Gasteiger partial charge in [-0.15, -0.1) is 0 Å². The summed E-state index contributed by atoms with van der Waals surface area (Å²) in [6.45, 7) is 9.05. The molecule has 1 rings (SSSR count). The number of hydrogen-bond donors (Lipinski definition) is 4. The van der Waals surface area contributed by atoms with E-state index in [1.807, 2.05) is 47.1 Å². The van der Waals surface area contributed by atoms with Crippen molar-refractivity contribution in [1.82, 2.24) is 15.4 Å². The minimum Gasteiger partial charge on any atom is -0.360 e. The van der Waals surface area contributed by atoms with Crippen LogP contribution in [0.5, 0.6) is 0 Å². The zero-order valence-corrected chi connectivity index (χ0v) is 22.8. The molecule has 35 heavy (non-hydrogen) atoms. The lowest BCUT2D eigenvalue weighted by molar-refractivity contribution is -0.138. The van der Waals surface area contributed by atoms with E-state index >= 15 is 0 Å². The molecule has 4 amide bonds. The van der Waals surface area contributed by atoms with Gasteiger partial charge in [0.25, 0.3) is 0 Å². The van der Waals surface area contributed by atoms with Crippen molar-refractivity contribution in [2.75, 3.05) is 11.6 Å². The summed E-state index contributed by atoms with van der Waals surface area (Å²) in [4.78, 5) is 49.6. The van der Waals surface area contributed by atoms with Crippen LogP contribution in [0.25, 0.3) is 0 Å². The number of rotatable bonds is 10.